The van der Waals surface area contributed by atoms with Crippen molar-refractivity contribution >= 4 is 27.8 Å². The smallest absolute Gasteiger partial charge is 0.0540 e. The van der Waals surface area contributed by atoms with E-state index in [4.69, 9.17) is 0 Å². The van der Waals surface area contributed by atoms with E-state index in [0.717, 1.165) is 23.7 Å². The summed E-state index contributed by atoms with van der Waals surface area (Å²) in [5.74, 6) is 3.41. The Labute approximate surface area is 308 Å². The second-order valence-corrected chi connectivity index (χ2v) is 17.5. The zero-order valence-corrected chi connectivity index (χ0v) is 30.2. The van der Waals surface area contributed by atoms with Crippen molar-refractivity contribution in [1.82, 2.24) is 0 Å². The van der Waals surface area contributed by atoms with Crippen LogP contribution in [-0.2, 0) is 10.8 Å². The summed E-state index contributed by atoms with van der Waals surface area (Å²) in [7, 11) is 0. The number of benzene rings is 6. The molecule has 1 nitrogen and oxygen atoms in total. The average molecular weight is 674 g/mol. The molecular formula is C51H47N. The molecule has 2 spiro atoms. The van der Waals surface area contributed by atoms with E-state index >= 15 is 0 Å². The van der Waals surface area contributed by atoms with Crippen LogP contribution in [0.2, 0.25) is 0 Å². The summed E-state index contributed by atoms with van der Waals surface area (Å²) in [5.41, 5.74) is 16.4. The molecular weight excluding hydrogens is 627 g/mol. The molecule has 5 saturated carbocycles. The third-order valence-electron chi connectivity index (χ3n) is 15.3. The van der Waals surface area contributed by atoms with Gasteiger partial charge in [0.1, 0.15) is 0 Å². The van der Waals surface area contributed by atoms with Crippen LogP contribution in [0.25, 0.3) is 33.0 Å². The van der Waals surface area contributed by atoms with Crippen LogP contribution in [0.5, 0.6) is 0 Å². The zero-order chi connectivity index (χ0) is 34.0. The van der Waals surface area contributed by atoms with E-state index in [-0.39, 0.29) is 10.8 Å². The fourth-order valence-corrected chi connectivity index (χ4v) is 13.5. The maximum absolute atomic E-state index is 2.61. The van der Waals surface area contributed by atoms with Gasteiger partial charge in [0, 0.05) is 27.6 Å². The van der Waals surface area contributed by atoms with Gasteiger partial charge in [-0.15, -0.1) is 0 Å². The highest BCUT2D eigenvalue weighted by Crippen LogP contribution is 2.68. The van der Waals surface area contributed by atoms with Gasteiger partial charge in [0.2, 0.25) is 0 Å². The number of hydrogen-bond acceptors (Lipinski definition) is 1. The Balaban J connectivity index is 1.08. The lowest BCUT2D eigenvalue weighted by Crippen LogP contribution is -2.48. The van der Waals surface area contributed by atoms with Crippen molar-refractivity contribution in [3.8, 4) is 22.3 Å². The molecule has 256 valence electrons. The predicted octanol–water partition coefficient (Wildman–Crippen LogP) is 13.7. The predicted molar refractivity (Wildman–Crippen MR) is 216 cm³/mol. The van der Waals surface area contributed by atoms with Crippen LogP contribution in [0.15, 0.2) is 127 Å². The van der Waals surface area contributed by atoms with Crippen molar-refractivity contribution in [2.45, 2.75) is 81.5 Å². The summed E-state index contributed by atoms with van der Waals surface area (Å²) in [4.78, 5) is 2.61. The van der Waals surface area contributed by atoms with Crippen LogP contribution in [0.1, 0.15) is 92.9 Å². The van der Waals surface area contributed by atoms with Crippen molar-refractivity contribution in [2.24, 2.45) is 23.7 Å². The molecule has 7 aliphatic rings. The SMILES string of the molecule is c1ccc2c(c1)-c1ccc(N(c3ccc4c(c3)-c3ccccc3C43C4CCC5CC(C4)CC3C5)c3cccc4ccccc34)cc1C21CCCCC1. The first-order valence-corrected chi connectivity index (χ1v) is 20.5. The van der Waals surface area contributed by atoms with E-state index in [9.17, 15) is 0 Å². The molecule has 0 radical (unpaired) electrons. The van der Waals surface area contributed by atoms with Gasteiger partial charge in [0.25, 0.3) is 0 Å². The molecule has 7 aliphatic carbocycles. The molecule has 52 heavy (non-hydrogen) atoms. The van der Waals surface area contributed by atoms with Crippen molar-refractivity contribution in [3.05, 3.63) is 150 Å². The van der Waals surface area contributed by atoms with E-state index in [1.807, 2.05) is 0 Å². The third kappa shape index (κ3) is 3.90. The van der Waals surface area contributed by atoms with Crippen LogP contribution in [-0.4, -0.2) is 0 Å². The minimum Gasteiger partial charge on any atom is -0.310 e. The normalized spacial score (nSPS) is 27.0. The van der Waals surface area contributed by atoms with Gasteiger partial charge >= 0.3 is 0 Å². The van der Waals surface area contributed by atoms with Crippen molar-refractivity contribution in [1.29, 1.82) is 0 Å². The molecule has 5 fully saturated rings. The van der Waals surface area contributed by atoms with E-state index in [0.29, 0.717) is 0 Å². The fraction of sp³-hybridized carbons (Fsp3) is 0.333. The van der Waals surface area contributed by atoms with Crippen LogP contribution < -0.4 is 4.90 Å². The molecule has 5 atom stereocenters. The molecule has 0 aliphatic heterocycles. The first-order chi connectivity index (χ1) is 25.7. The highest BCUT2D eigenvalue weighted by molar-refractivity contribution is 6.00. The Bertz CT molecular complexity index is 2400. The van der Waals surface area contributed by atoms with Gasteiger partial charge in [-0.1, -0.05) is 123 Å². The number of anilines is 3. The molecule has 0 aromatic heterocycles. The zero-order valence-electron chi connectivity index (χ0n) is 30.2. The Morgan fingerprint density at radius 2 is 1.13 bits per heavy atom. The van der Waals surface area contributed by atoms with Gasteiger partial charge in [0.15, 0.2) is 0 Å². The molecule has 1 heteroatoms. The lowest BCUT2D eigenvalue weighted by Gasteiger charge is -2.53. The van der Waals surface area contributed by atoms with E-state index in [1.165, 1.54) is 121 Å². The third-order valence-corrected chi connectivity index (χ3v) is 15.3. The molecule has 6 aromatic rings. The summed E-state index contributed by atoms with van der Waals surface area (Å²) in [6, 6.07) is 50.0. The maximum Gasteiger partial charge on any atom is 0.0540 e. The van der Waals surface area contributed by atoms with Gasteiger partial charge in [-0.2, -0.15) is 0 Å². The summed E-state index contributed by atoms with van der Waals surface area (Å²) in [6.45, 7) is 0. The summed E-state index contributed by atoms with van der Waals surface area (Å²) in [6.07, 6.45) is 15.0. The number of fused-ring (bicyclic) bond motifs is 10. The van der Waals surface area contributed by atoms with Gasteiger partial charge in [-0.25, -0.2) is 0 Å². The Kier molecular flexibility index (Phi) is 6.30. The second kappa shape index (κ2) is 11.0. The molecule has 0 N–H and O–H groups in total. The summed E-state index contributed by atoms with van der Waals surface area (Å²) >= 11 is 0. The first-order valence-electron chi connectivity index (χ1n) is 20.5. The summed E-state index contributed by atoms with van der Waals surface area (Å²) in [5, 5.41) is 2.59. The van der Waals surface area contributed by atoms with Crippen LogP contribution in [0.3, 0.4) is 0 Å². The van der Waals surface area contributed by atoms with Gasteiger partial charge in [-0.05, 0) is 149 Å². The molecule has 5 unspecified atom stereocenters. The molecule has 13 rings (SSSR count). The van der Waals surface area contributed by atoms with E-state index < -0.39 is 0 Å². The molecule has 0 amide bonds. The molecule has 0 saturated heterocycles. The number of rotatable bonds is 3. The van der Waals surface area contributed by atoms with Gasteiger partial charge in [-0.3, -0.25) is 0 Å². The largest absolute Gasteiger partial charge is 0.310 e. The Morgan fingerprint density at radius 3 is 2.04 bits per heavy atom. The van der Waals surface area contributed by atoms with E-state index in [2.05, 4.69) is 132 Å². The van der Waals surface area contributed by atoms with Gasteiger partial charge < -0.3 is 4.90 Å². The lowest BCUT2D eigenvalue weighted by molar-refractivity contribution is 0.0618. The minimum atomic E-state index is 0.117. The van der Waals surface area contributed by atoms with E-state index in [1.54, 1.807) is 22.3 Å². The fourth-order valence-electron chi connectivity index (χ4n) is 13.5. The van der Waals surface area contributed by atoms with Crippen molar-refractivity contribution < 1.29 is 0 Å². The highest BCUT2D eigenvalue weighted by Gasteiger charge is 2.59. The van der Waals surface area contributed by atoms with Crippen molar-refractivity contribution in [2.75, 3.05) is 4.90 Å². The minimum absolute atomic E-state index is 0.117. The number of hydrogen-bond donors (Lipinski definition) is 0. The van der Waals surface area contributed by atoms with Crippen LogP contribution in [0, 0.1) is 23.7 Å². The Hall–Kier alpha value is -4.62. The first kappa shape index (κ1) is 29.9. The van der Waals surface area contributed by atoms with Gasteiger partial charge in [0.05, 0.1) is 5.69 Å². The number of nitrogens with zero attached hydrogens (tertiary/aromatic N) is 1. The monoisotopic (exact) mass is 673 g/mol. The van der Waals surface area contributed by atoms with Crippen LogP contribution in [0.4, 0.5) is 17.1 Å². The second-order valence-electron chi connectivity index (χ2n) is 17.5. The molecule has 6 aromatic carbocycles. The molecule has 4 bridgehead atoms. The van der Waals surface area contributed by atoms with Crippen LogP contribution >= 0.6 is 0 Å². The summed E-state index contributed by atoms with van der Waals surface area (Å²) < 4.78 is 0. The topological polar surface area (TPSA) is 3.24 Å². The average Bonchev–Trinajstić information content (AvgIpc) is 3.52. The molecule has 0 heterocycles. The highest BCUT2D eigenvalue weighted by atomic mass is 15.1. The maximum atomic E-state index is 2.61. The van der Waals surface area contributed by atoms with Crippen molar-refractivity contribution in [3.63, 3.8) is 0 Å². The standard InChI is InChI=1S/C51H47N/c1-8-25-50(26-9-1)45-16-6-4-14-41(45)43-23-21-39(32-48(43)50)52(49-18-10-12-35-11-2-3-13-40(35)49)38-22-24-47-44(31-38)42-15-5-7-17-46(42)51(47)36-20-19-33-27-34(29-36)30-37(51)28-33/h2-7,10-18,21-24,31-34,36-37H,1,8-9,19-20,25-30H2. The quantitative estimate of drug-likeness (QED) is 0.181. The lowest BCUT2D eigenvalue weighted by atomic mass is 9.51. The Morgan fingerprint density at radius 1 is 0.462 bits per heavy atom.